The summed E-state index contributed by atoms with van der Waals surface area (Å²) in [4.78, 5) is 12.7. The molecular formula is C20H23ClN2O3. The quantitative estimate of drug-likeness (QED) is 0.525. The molecule has 0 amide bonds. The summed E-state index contributed by atoms with van der Waals surface area (Å²) in [6.45, 7) is 3.65. The Kier molecular flexibility index (Phi) is 6.47. The van der Waals surface area contributed by atoms with Gasteiger partial charge in [0, 0.05) is 23.7 Å². The van der Waals surface area contributed by atoms with Crippen LogP contribution in [0.2, 0.25) is 5.02 Å². The first-order valence-corrected chi connectivity index (χ1v) is 9.32. The Labute approximate surface area is 158 Å². The van der Waals surface area contributed by atoms with Crippen LogP contribution in [0.15, 0.2) is 48.5 Å². The van der Waals surface area contributed by atoms with E-state index in [0.29, 0.717) is 12.4 Å². The van der Waals surface area contributed by atoms with E-state index in [1.165, 1.54) is 30.5 Å². The number of rotatable bonds is 7. The van der Waals surface area contributed by atoms with Gasteiger partial charge in [0.2, 0.25) is 0 Å². The van der Waals surface area contributed by atoms with Crippen molar-refractivity contribution in [1.29, 1.82) is 0 Å². The van der Waals surface area contributed by atoms with Crippen LogP contribution < -0.4 is 4.74 Å². The third kappa shape index (κ3) is 5.44. The molecule has 138 valence electrons. The Bertz CT molecular complexity index is 711. The number of benzene rings is 2. The second-order valence-corrected chi connectivity index (χ2v) is 7.15. The number of hydrogen-bond donors (Lipinski definition) is 0. The summed E-state index contributed by atoms with van der Waals surface area (Å²) in [5, 5.41) is 11.4. The van der Waals surface area contributed by atoms with Gasteiger partial charge in [-0.05, 0) is 68.1 Å². The average Bonchev–Trinajstić information content (AvgIpc) is 2.65. The molecule has 0 unspecified atom stereocenters. The highest BCUT2D eigenvalue weighted by Crippen LogP contribution is 2.23. The molecule has 0 radical (unpaired) electrons. The summed E-state index contributed by atoms with van der Waals surface area (Å²) in [5.41, 5.74) is 1.44. The summed E-state index contributed by atoms with van der Waals surface area (Å²) in [7, 11) is 0. The Balaban J connectivity index is 1.36. The van der Waals surface area contributed by atoms with Crippen molar-refractivity contribution in [1.82, 2.24) is 4.90 Å². The molecule has 0 saturated carbocycles. The van der Waals surface area contributed by atoms with Crippen molar-refractivity contribution in [3.8, 4) is 5.75 Å². The molecule has 0 aromatic heterocycles. The first-order valence-electron chi connectivity index (χ1n) is 8.94. The van der Waals surface area contributed by atoms with Gasteiger partial charge in [-0.2, -0.15) is 0 Å². The van der Waals surface area contributed by atoms with Crippen LogP contribution in [0.3, 0.4) is 0 Å². The molecule has 1 fully saturated rings. The number of halogens is 1. The van der Waals surface area contributed by atoms with E-state index >= 15 is 0 Å². The van der Waals surface area contributed by atoms with Gasteiger partial charge in [0.05, 0.1) is 4.92 Å². The highest BCUT2D eigenvalue weighted by Gasteiger charge is 2.19. The Hall–Kier alpha value is -2.11. The Morgan fingerprint density at radius 3 is 2.35 bits per heavy atom. The molecule has 6 heteroatoms. The van der Waals surface area contributed by atoms with E-state index in [2.05, 4.69) is 17.0 Å². The van der Waals surface area contributed by atoms with E-state index in [0.717, 1.165) is 37.0 Å². The summed E-state index contributed by atoms with van der Waals surface area (Å²) in [6.07, 6.45) is 3.50. The molecule has 1 aliphatic rings. The van der Waals surface area contributed by atoms with Crippen LogP contribution >= 0.6 is 11.6 Å². The topological polar surface area (TPSA) is 55.6 Å². The van der Waals surface area contributed by atoms with Crippen molar-refractivity contribution in [3.05, 3.63) is 69.2 Å². The lowest BCUT2D eigenvalue weighted by Gasteiger charge is -2.31. The molecule has 26 heavy (non-hydrogen) atoms. The van der Waals surface area contributed by atoms with Crippen molar-refractivity contribution >= 4 is 17.3 Å². The molecule has 0 spiro atoms. The summed E-state index contributed by atoms with van der Waals surface area (Å²) in [5.74, 6) is 1.40. The van der Waals surface area contributed by atoms with Gasteiger partial charge < -0.3 is 4.74 Å². The molecule has 2 aromatic rings. The minimum absolute atomic E-state index is 0.0834. The number of nitro benzene ring substituents is 1. The van der Waals surface area contributed by atoms with Crippen molar-refractivity contribution in [2.45, 2.75) is 19.3 Å². The maximum atomic E-state index is 10.6. The lowest BCUT2D eigenvalue weighted by molar-refractivity contribution is -0.384. The fourth-order valence-corrected chi connectivity index (χ4v) is 3.45. The lowest BCUT2D eigenvalue weighted by atomic mass is 9.90. The summed E-state index contributed by atoms with van der Waals surface area (Å²) >= 11 is 5.94. The van der Waals surface area contributed by atoms with Gasteiger partial charge in [0.15, 0.2) is 0 Å². The Morgan fingerprint density at radius 1 is 1.08 bits per heavy atom. The predicted octanol–water partition coefficient (Wildman–Crippen LogP) is 4.58. The minimum atomic E-state index is -0.405. The monoisotopic (exact) mass is 374 g/mol. The highest BCUT2D eigenvalue weighted by atomic mass is 35.5. The maximum Gasteiger partial charge on any atom is 0.269 e. The van der Waals surface area contributed by atoms with E-state index in [-0.39, 0.29) is 5.69 Å². The first kappa shape index (κ1) is 18.7. The largest absolute Gasteiger partial charge is 0.492 e. The number of nitro groups is 1. The standard InChI is InChI=1S/C20H23ClN2O3/c21-18-3-1-16(2-4-18)15-17-9-11-22(12-10-17)13-14-26-20-7-5-19(6-8-20)23(24)25/h1-8,17H,9-15H2. The number of piperidine rings is 1. The molecule has 0 atom stereocenters. The van der Waals surface area contributed by atoms with Gasteiger partial charge in [-0.1, -0.05) is 23.7 Å². The van der Waals surface area contributed by atoms with Crippen LogP contribution in [0.1, 0.15) is 18.4 Å². The molecule has 1 heterocycles. The van der Waals surface area contributed by atoms with Crippen LogP contribution in [0.25, 0.3) is 0 Å². The van der Waals surface area contributed by atoms with E-state index in [1.807, 2.05) is 12.1 Å². The molecule has 1 aliphatic heterocycles. The van der Waals surface area contributed by atoms with Crippen LogP contribution in [-0.2, 0) is 6.42 Å². The normalized spacial score (nSPS) is 15.7. The third-order valence-electron chi connectivity index (χ3n) is 4.87. The predicted molar refractivity (Wildman–Crippen MR) is 103 cm³/mol. The van der Waals surface area contributed by atoms with Crippen LogP contribution in [-0.4, -0.2) is 36.1 Å². The smallest absolute Gasteiger partial charge is 0.269 e. The minimum Gasteiger partial charge on any atom is -0.492 e. The van der Waals surface area contributed by atoms with Crippen molar-refractivity contribution < 1.29 is 9.66 Å². The molecule has 1 saturated heterocycles. The second kappa shape index (κ2) is 9.01. The molecule has 2 aromatic carbocycles. The van der Waals surface area contributed by atoms with Gasteiger partial charge >= 0.3 is 0 Å². The average molecular weight is 375 g/mol. The molecule has 0 aliphatic carbocycles. The van der Waals surface area contributed by atoms with Crippen molar-refractivity contribution in [2.24, 2.45) is 5.92 Å². The number of likely N-dealkylation sites (tertiary alicyclic amines) is 1. The zero-order valence-electron chi connectivity index (χ0n) is 14.6. The van der Waals surface area contributed by atoms with Crippen molar-refractivity contribution in [2.75, 3.05) is 26.2 Å². The summed E-state index contributed by atoms with van der Waals surface area (Å²) < 4.78 is 5.70. The molecular weight excluding hydrogens is 352 g/mol. The second-order valence-electron chi connectivity index (χ2n) is 6.72. The van der Waals surface area contributed by atoms with Gasteiger partial charge in [-0.3, -0.25) is 15.0 Å². The van der Waals surface area contributed by atoms with Gasteiger partial charge in [-0.15, -0.1) is 0 Å². The highest BCUT2D eigenvalue weighted by molar-refractivity contribution is 6.30. The Morgan fingerprint density at radius 2 is 1.73 bits per heavy atom. The maximum absolute atomic E-state index is 10.6. The lowest BCUT2D eigenvalue weighted by Crippen LogP contribution is -2.37. The zero-order valence-corrected chi connectivity index (χ0v) is 15.4. The first-order chi connectivity index (χ1) is 12.6. The van der Waals surface area contributed by atoms with E-state index in [4.69, 9.17) is 16.3 Å². The number of ether oxygens (including phenoxy) is 1. The van der Waals surface area contributed by atoms with Crippen LogP contribution in [0, 0.1) is 16.0 Å². The van der Waals surface area contributed by atoms with Crippen LogP contribution in [0.4, 0.5) is 5.69 Å². The number of nitrogens with zero attached hydrogens (tertiary/aromatic N) is 2. The SMILES string of the molecule is O=[N+]([O-])c1ccc(OCCN2CCC(Cc3ccc(Cl)cc3)CC2)cc1. The van der Waals surface area contributed by atoms with E-state index < -0.39 is 4.92 Å². The fourth-order valence-electron chi connectivity index (χ4n) is 3.32. The third-order valence-corrected chi connectivity index (χ3v) is 5.12. The number of non-ortho nitro benzene ring substituents is 1. The van der Waals surface area contributed by atoms with E-state index in [9.17, 15) is 10.1 Å². The fraction of sp³-hybridized carbons (Fsp3) is 0.400. The number of hydrogen-bond acceptors (Lipinski definition) is 4. The zero-order chi connectivity index (χ0) is 18.4. The van der Waals surface area contributed by atoms with E-state index in [1.54, 1.807) is 12.1 Å². The van der Waals surface area contributed by atoms with Crippen LogP contribution in [0.5, 0.6) is 5.75 Å². The molecule has 5 nitrogen and oxygen atoms in total. The molecule has 0 bridgehead atoms. The van der Waals surface area contributed by atoms with Gasteiger partial charge in [0.1, 0.15) is 12.4 Å². The molecule has 0 N–H and O–H groups in total. The van der Waals surface area contributed by atoms with Crippen molar-refractivity contribution in [3.63, 3.8) is 0 Å². The van der Waals surface area contributed by atoms with Gasteiger partial charge in [0.25, 0.3) is 5.69 Å². The molecule has 3 rings (SSSR count). The van der Waals surface area contributed by atoms with Gasteiger partial charge in [-0.25, -0.2) is 0 Å². The summed E-state index contributed by atoms with van der Waals surface area (Å²) in [6, 6.07) is 14.4.